The van der Waals surface area contributed by atoms with Gasteiger partial charge in [-0.15, -0.1) is 0 Å². The van der Waals surface area contributed by atoms with Crippen LogP contribution in [-0.2, 0) is 6.54 Å². The van der Waals surface area contributed by atoms with E-state index in [2.05, 4.69) is 31.4 Å². The highest BCUT2D eigenvalue weighted by Crippen LogP contribution is 2.24. The Morgan fingerprint density at radius 2 is 2.12 bits per heavy atom. The molecule has 1 atom stereocenters. The highest BCUT2D eigenvalue weighted by molar-refractivity contribution is 5.53. The van der Waals surface area contributed by atoms with E-state index in [9.17, 15) is 4.39 Å². The van der Waals surface area contributed by atoms with E-state index in [0.717, 1.165) is 30.8 Å². The van der Waals surface area contributed by atoms with Crippen molar-refractivity contribution in [2.45, 2.75) is 12.6 Å². The molecule has 1 fully saturated rings. The van der Waals surface area contributed by atoms with Gasteiger partial charge < -0.3 is 9.84 Å². The van der Waals surface area contributed by atoms with E-state index in [0.29, 0.717) is 18.3 Å². The van der Waals surface area contributed by atoms with Gasteiger partial charge in [0.05, 0.1) is 6.54 Å². The van der Waals surface area contributed by atoms with Crippen LogP contribution in [0.15, 0.2) is 53.3 Å². The number of rotatable bonds is 4. The fourth-order valence-electron chi connectivity index (χ4n) is 3.05. The Kier molecular flexibility index (Phi) is 4.49. The Morgan fingerprint density at radius 1 is 1.24 bits per heavy atom. The SMILES string of the molecule is Fc1ccc(-c2noc(CN3CCNCC3c3cccnc3)n2)cc1. The zero-order valence-electron chi connectivity index (χ0n) is 13.6. The van der Waals surface area contributed by atoms with Crippen molar-refractivity contribution in [2.24, 2.45) is 0 Å². The summed E-state index contributed by atoms with van der Waals surface area (Å²) >= 11 is 0. The molecule has 1 aliphatic heterocycles. The molecule has 3 aromatic rings. The molecule has 0 amide bonds. The molecule has 0 bridgehead atoms. The maximum Gasteiger partial charge on any atom is 0.241 e. The lowest BCUT2D eigenvalue weighted by Gasteiger charge is -2.35. The average Bonchev–Trinajstić information content (AvgIpc) is 3.12. The second-order valence-corrected chi connectivity index (χ2v) is 6.00. The fourth-order valence-corrected chi connectivity index (χ4v) is 3.05. The van der Waals surface area contributed by atoms with Crippen LogP contribution in [-0.4, -0.2) is 39.7 Å². The van der Waals surface area contributed by atoms with Crippen LogP contribution in [0, 0.1) is 5.82 Å². The number of piperazine rings is 1. The Hall–Kier alpha value is -2.64. The zero-order chi connectivity index (χ0) is 17.1. The lowest BCUT2D eigenvalue weighted by atomic mass is 10.1. The molecule has 1 unspecified atom stereocenters. The maximum absolute atomic E-state index is 13.0. The van der Waals surface area contributed by atoms with E-state index in [1.54, 1.807) is 18.3 Å². The molecule has 3 heterocycles. The quantitative estimate of drug-likeness (QED) is 0.787. The van der Waals surface area contributed by atoms with Gasteiger partial charge in [0.25, 0.3) is 0 Å². The molecular weight excluding hydrogens is 321 g/mol. The van der Waals surface area contributed by atoms with Crippen molar-refractivity contribution in [3.63, 3.8) is 0 Å². The van der Waals surface area contributed by atoms with Crippen molar-refractivity contribution in [1.29, 1.82) is 0 Å². The van der Waals surface area contributed by atoms with Crippen LogP contribution in [0.25, 0.3) is 11.4 Å². The molecule has 0 aliphatic carbocycles. The lowest BCUT2D eigenvalue weighted by Crippen LogP contribution is -2.45. The summed E-state index contributed by atoms with van der Waals surface area (Å²) in [6.45, 7) is 3.21. The minimum Gasteiger partial charge on any atom is -0.338 e. The Labute approximate surface area is 144 Å². The number of benzene rings is 1. The lowest BCUT2D eigenvalue weighted by molar-refractivity contribution is 0.135. The van der Waals surface area contributed by atoms with Gasteiger partial charge in [0, 0.05) is 43.6 Å². The predicted molar refractivity (Wildman–Crippen MR) is 89.9 cm³/mol. The van der Waals surface area contributed by atoms with E-state index in [1.807, 2.05) is 12.3 Å². The first kappa shape index (κ1) is 15.9. The van der Waals surface area contributed by atoms with Crippen molar-refractivity contribution >= 4 is 0 Å². The molecule has 7 heteroatoms. The normalized spacial score (nSPS) is 18.4. The number of nitrogens with one attached hydrogen (secondary N) is 1. The monoisotopic (exact) mass is 339 g/mol. The Bertz CT molecular complexity index is 821. The van der Waals surface area contributed by atoms with Crippen molar-refractivity contribution in [3.8, 4) is 11.4 Å². The van der Waals surface area contributed by atoms with Crippen molar-refractivity contribution in [3.05, 3.63) is 66.1 Å². The molecule has 0 radical (unpaired) electrons. The van der Waals surface area contributed by atoms with E-state index in [4.69, 9.17) is 4.52 Å². The van der Waals surface area contributed by atoms with Gasteiger partial charge in [-0.3, -0.25) is 9.88 Å². The molecule has 128 valence electrons. The summed E-state index contributed by atoms with van der Waals surface area (Å²) in [5.74, 6) is 0.741. The molecule has 0 spiro atoms. The van der Waals surface area contributed by atoms with Gasteiger partial charge in [0.1, 0.15) is 5.82 Å². The first-order valence-electron chi connectivity index (χ1n) is 8.23. The molecular formula is C18H18FN5O. The fraction of sp³-hybridized carbons (Fsp3) is 0.278. The van der Waals surface area contributed by atoms with Gasteiger partial charge in [-0.2, -0.15) is 4.98 Å². The Balaban J connectivity index is 1.51. The van der Waals surface area contributed by atoms with Crippen LogP contribution >= 0.6 is 0 Å². The highest BCUT2D eigenvalue weighted by Gasteiger charge is 2.25. The molecule has 1 aromatic carbocycles. The number of aromatic nitrogens is 3. The van der Waals surface area contributed by atoms with E-state index < -0.39 is 0 Å². The first-order chi connectivity index (χ1) is 12.3. The van der Waals surface area contributed by atoms with Crippen LogP contribution in [0.3, 0.4) is 0 Å². The molecule has 1 saturated heterocycles. The molecule has 0 saturated carbocycles. The van der Waals surface area contributed by atoms with Crippen LogP contribution in [0.1, 0.15) is 17.5 Å². The minimum absolute atomic E-state index is 0.212. The van der Waals surface area contributed by atoms with Crippen molar-refractivity contribution in [2.75, 3.05) is 19.6 Å². The van der Waals surface area contributed by atoms with Crippen molar-refractivity contribution in [1.82, 2.24) is 25.3 Å². The maximum atomic E-state index is 13.0. The van der Waals surface area contributed by atoms with Gasteiger partial charge in [0.15, 0.2) is 0 Å². The number of hydrogen-bond donors (Lipinski definition) is 1. The highest BCUT2D eigenvalue weighted by atomic mass is 19.1. The topological polar surface area (TPSA) is 67.1 Å². The standard InChI is InChI=1S/C18H18FN5O/c19-15-5-3-13(4-6-15)18-22-17(25-23-18)12-24-9-8-21-11-16(24)14-2-1-7-20-10-14/h1-7,10,16,21H,8-9,11-12H2. The average molecular weight is 339 g/mol. The van der Waals surface area contributed by atoms with E-state index >= 15 is 0 Å². The van der Waals surface area contributed by atoms with Gasteiger partial charge in [-0.05, 0) is 35.9 Å². The van der Waals surface area contributed by atoms with Crippen LogP contribution in [0.5, 0.6) is 0 Å². The molecule has 2 aromatic heterocycles. The summed E-state index contributed by atoms with van der Waals surface area (Å²) in [6.07, 6.45) is 3.67. The van der Waals surface area contributed by atoms with Gasteiger partial charge in [-0.1, -0.05) is 11.2 Å². The van der Waals surface area contributed by atoms with Crippen molar-refractivity contribution < 1.29 is 8.91 Å². The third kappa shape index (κ3) is 3.57. The molecule has 25 heavy (non-hydrogen) atoms. The summed E-state index contributed by atoms with van der Waals surface area (Å²) in [6, 6.07) is 10.3. The van der Waals surface area contributed by atoms with Gasteiger partial charge >= 0.3 is 0 Å². The third-order valence-corrected chi connectivity index (χ3v) is 4.33. The summed E-state index contributed by atoms with van der Waals surface area (Å²) in [5, 5.41) is 7.43. The summed E-state index contributed by atoms with van der Waals surface area (Å²) in [5.41, 5.74) is 1.90. The van der Waals surface area contributed by atoms with Crippen LogP contribution in [0.4, 0.5) is 4.39 Å². The second kappa shape index (κ2) is 7.08. The molecule has 1 N–H and O–H groups in total. The molecule has 4 rings (SSSR count). The Morgan fingerprint density at radius 3 is 2.92 bits per heavy atom. The first-order valence-corrected chi connectivity index (χ1v) is 8.23. The number of nitrogens with zero attached hydrogens (tertiary/aromatic N) is 4. The smallest absolute Gasteiger partial charge is 0.241 e. The molecule has 1 aliphatic rings. The van der Waals surface area contributed by atoms with Gasteiger partial charge in [0.2, 0.25) is 11.7 Å². The van der Waals surface area contributed by atoms with Crippen LogP contribution in [0.2, 0.25) is 0 Å². The summed E-state index contributed by atoms with van der Waals surface area (Å²) < 4.78 is 18.4. The summed E-state index contributed by atoms with van der Waals surface area (Å²) in [4.78, 5) is 11.0. The summed E-state index contributed by atoms with van der Waals surface area (Å²) in [7, 11) is 0. The number of pyridine rings is 1. The van der Waals surface area contributed by atoms with Gasteiger partial charge in [-0.25, -0.2) is 4.39 Å². The van der Waals surface area contributed by atoms with E-state index in [1.165, 1.54) is 12.1 Å². The predicted octanol–water partition coefficient (Wildman–Crippen LogP) is 2.42. The van der Waals surface area contributed by atoms with E-state index in [-0.39, 0.29) is 11.9 Å². The second-order valence-electron chi connectivity index (χ2n) is 6.00. The third-order valence-electron chi connectivity index (χ3n) is 4.33. The number of hydrogen-bond acceptors (Lipinski definition) is 6. The minimum atomic E-state index is -0.285. The largest absolute Gasteiger partial charge is 0.338 e. The number of halogens is 1. The van der Waals surface area contributed by atoms with Crippen LogP contribution < -0.4 is 5.32 Å². The zero-order valence-corrected chi connectivity index (χ0v) is 13.6. The molecule has 6 nitrogen and oxygen atoms in total.